The number of nitrogens with zero attached hydrogens (tertiary/aromatic N) is 1. The van der Waals surface area contributed by atoms with Crippen molar-refractivity contribution >= 4 is 22.3 Å². The maximum Gasteiger partial charge on any atom is 1.00 e. The summed E-state index contributed by atoms with van der Waals surface area (Å²) in [5, 5.41) is 0. The summed E-state index contributed by atoms with van der Waals surface area (Å²) in [6, 6.07) is 0. The fraction of sp³-hybridized carbons (Fsp3) is 0.400. The maximum atomic E-state index is 10.2. The Bertz CT molecular complexity index is 407. The van der Waals surface area contributed by atoms with E-state index >= 15 is 0 Å². The molecular weight excluding hydrogens is 223 g/mol. The van der Waals surface area contributed by atoms with E-state index in [9.17, 15) is 13.0 Å². The molecule has 0 aliphatic heterocycles. The number of imidazole rings is 1. The van der Waals surface area contributed by atoms with Crippen molar-refractivity contribution in [3.8, 4) is 0 Å². The van der Waals surface area contributed by atoms with Crippen LogP contribution < -0.4 is 29.6 Å². The van der Waals surface area contributed by atoms with Gasteiger partial charge in [0.25, 0.3) is 0 Å². The van der Waals surface area contributed by atoms with Crippen LogP contribution in [-0.2, 0) is 16.7 Å². The number of hydrogen-bond acceptors (Lipinski definition) is 4. The van der Waals surface area contributed by atoms with Crippen LogP contribution in [0.25, 0.3) is 0 Å². The van der Waals surface area contributed by atoms with Crippen molar-refractivity contribution in [3.63, 3.8) is 0 Å². The summed E-state index contributed by atoms with van der Waals surface area (Å²) in [6.45, 7) is 0.105. The van der Waals surface area contributed by atoms with Gasteiger partial charge in [-0.05, 0) is 12.2 Å². The van der Waals surface area contributed by atoms with Crippen LogP contribution in [0.1, 0.15) is 0 Å². The van der Waals surface area contributed by atoms with Crippen molar-refractivity contribution in [1.82, 2.24) is 9.55 Å². The minimum atomic E-state index is -4.15. The van der Waals surface area contributed by atoms with Gasteiger partial charge in [0, 0.05) is 18.9 Å². The van der Waals surface area contributed by atoms with Gasteiger partial charge in [-0.15, -0.1) is 0 Å². The van der Waals surface area contributed by atoms with Gasteiger partial charge in [0.2, 0.25) is 0 Å². The largest absolute Gasteiger partial charge is 1.00 e. The average Bonchev–Trinajstić information content (AvgIpc) is 2.29. The molecule has 0 atom stereocenters. The van der Waals surface area contributed by atoms with E-state index in [2.05, 4.69) is 4.98 Å². The third-order valence-electron chi connectivity index (χ3n) is 1.30. The molecule has 13 heavy (non-hydrogen) atoms. The summed E-state index contributed by atoms with van der Waals surface area (Å²) in [7, 11) is -4.15. The van der Waals surface area contributed by atoms with Gasteiger partial charge >= 0.3 is 29.6 Å². The average molecular weight is 230 g/mol. The number of hydrogen-bond donors (Lipinski definition) is 1. The number of aromatic nitrogens is 2. The van der Waals surface area contributed by atoms with E-state index in [1.807, 2.05) is 0 Å². The molecule has 0 amide bonds. The van der Waals surface area contributed by atoms with Crippen LogP contribution in [0, 0.1) is 4.77 Å². The van der Waals surface area contributed by atoms with Crippen molar-refractivity contribution in [2.24, 2.45) is 0 Å². The van der Waals surface area contributed by atoms with E-state index in [0.717, 1.165) is 0 Å². The number of aryl methyl sites for hydroxylation is 1. The molecule has 1 aromatic heterocycles. The Morgan fingerprint density at radius 3 is 2.62 bits per heavy atom. The quantitative estimate of drug-likeness (QED) is 0.343. The molecule has 5 nitrogen and oxygen atoms in total. The third-order valence-corrected chi connectivity index (χ3v) is 2.34. The van der Waals surface area contributed by atoms with Crippen molar-refractivity contribution in [1.29, 1.82) is 0 Å². The number of nitrogens with one attached hydrogen (secondary N) is 1. The Kier molecular flexibility index (Phi) is 5.42. The first-order chi connectivity index (χ1) is 5.49. The molecule has 1 aromatic rings. The predicted molar refractivity (Wildman–Crippen MR) is 44.2 cm³/mol. The number of H-pyrrole nitrogens is 1. The van der Waals surface area contributed by atoms with Gasteiger partial charge in [-0.3, -0.25) is 0 Å². The Morgan fingerprint density at radius 2 is 2.23 bits per heavy atom. The molecule has 1 N–H and O–H groups in total. The molecule has 0 aliphatic rings. The summed E-state index contributed by atoms with van der Waals surface area (Å²) in [5.74, 6) is -0.431. The minimum absolute atomic E-state index is 0. The first-order valence-electron chi connectivity index (χ1n) is 3.16. The van der Waals surface area contributed by atoms with Crippen LogP contribution >= 0.6 is 12.2 Å². The fourth-order valence-electron chi connectivity index (χ4n) is 0.735. The van der Waals surface area contributed by atoms with Crippen LogP contribution in [0.3, 0.4) is 0 Å². The molecule has 0 saturated heterocycles. The SMILES string of the molecule is O=S(=O)([O-])CCn1cc[nH]c1=S.[Na+]. The van der Waals surface area contributed by atoms with Gasteiger partial charge in [0.05, 0.1) is 15.9 Å². The Hall–Kier alpha value is 0.340. The second kappa shape index (κ2) is 5.28. The molecule has 1 rings (SSSR count). The molecule has 68 valence electrons. The van der Waals surface area contributed by atoms with Gasteiger partial charge in [-0.1, -0.05) is 0 Å². The van der Waals surface area contributed by atoms with Crippen molar-refractivity contribution in [3.05, 3.63) is 17.2 Å². The Morgan fingerprint density at radius 1 is 1.62 bits per heavy atom. The topological polar surface area (TPSA) is 77.9 Å². The molecule has 0 spiro atoms. The Labute approximate surface area is 103 Å². The first kappa shape index (κ1) is 13.3. The minimum Gasteiger partial charge on any atom is -0.748 e. The van der Waals surface area contributed by atoms with Gasteiger partial charge in [0.1, 0.15) is 0 Å². The maximum absolute atomic E-state index is 10.2. The Balaban J connectivity index is 0.00000144. The molecule has 0 fully saturated rings. The van der Waals surface area contributed by atoms with E-state index < -0.39 is 15.9 Å². The summed E-state index contributed by atoms with van der Waals surface area (Å²) >= 11 is 4.78. The summed E-state index contributed by atoms with van der Waals surface area (Å²) in [6.07, 6.45) is 3.17. The molecule has 1 heterocycles. The van der Waals surface area contributed by atoms with Gasteiger partial charge in [-0.2, -0.15) is 0 Å². The van der Waals surface area contributed by atoms with Gasteiger partial charge < -0.3 is 14.1 Å². The van der Waals surface area contributed by atoms with Crippen LogP contribution in [0.5, 0.6) is 0 Å². The molecule has 0 aliphatic carbocycles. The number of aromatic amines is 1. The molecule has 0 radical (unpaired) electrons. The third kappa shape index (κ3) is 4.94. The van der Waals surface area contributed by atoms with E-state index in [4.69, 9.17) is 12.2 Å². The second-order valence-electron chi connectivity index (χ2n) is 2.22. The standard InChI is InChI=1S/C5H8N2O3S2.Na/c8-12(9,10)4-3-7-2-1-6-5(7)11;/h1-2H,3-4H2,(H,6,11)(H,8,9,10);/q;+1/p-1. The van der Waals surface area contributed by atoms with E-state index in [-0.39, 0.29) is 36.1 Å². The zero-order valence-electron chi connectivity index (χ0n) is 7.06. The zero-order valence-corrected chi connectivity index (χ0v) is 10.7. The molecule has 8 heteroatoms. The second-order valence-corrected chi connectivity index (χ2v) is 4.13. The van der Waals surface area contributed by atoms with E-state index in [1.165, 1.54) is 4.57 Å². The van der Waals surface area contributed by atoms with E-state index in [1.54, 1.807) is 12.4 Å². The summed E-state index contributed by atoms with van der Waals surface area (Å²) in [5.41, 5.74) is 0. The zero-order chi connectivity index (χ0) is 9.19. The summed E-state index contributed by atoms with van der Waals surface area (Å²) < 4.78 is 32.6. The van der Waals surface area contributed by atoms with Crippen LogP contribution in [0.15, 0.2) is 12.4 Å². The molecule has 0 saturated carbocycles. The van der Waals surface area contributed by atoms with E-state index in [0.29, 0.717) is 4.77 Å². The van der Waals surface area contributed by atoms with Crippen LogP contribution in [0.4, 0.5) is 0 Å². The molecule has 0 aromatic carbocycles. The number of rotatable bonds is 3. The van der Waals surface area contributed by atoms with Crippen molar-refractivity contribution in [2.45, 2.75) is 6.54 Å². The fourth-order valence-corrected chi connectivity index (χ4v) is 1.38. The molecular formula is C5H7N2NaO3S2. The van der Waals surface area contributed by atoms with Crippen LogP contribution in [0.2, 0.25) is 0 Å². The smallest absolute Gasteiger partial charge is 0.748 e. The van der Waals surface area contributed by atoms with Crippen molar-refractivity contribution in [2.75, 3.05) is 5.75 Å². The van der Waals surface area contributed by atoms with Crippen LogP contribution in [-0.4, -0.2) is 28.3 Å². The van der Waals surface area contributed by atoms with Crippen molar-refractivity contribution < 1.29 is 42.5 Å². The van der Waals surface area contributed by atoms with Gasteiger partial charge in [-0.25, -0.2) is 8.42 Å². The first-order valence-corrected chi connectivity index (χ1v) is 5.15. The predicted octanol–water partition coefficient (Wildman–Crippen LogP) is -2.91. The monoisotopic (exact) mass is 230 g/mol. The van der Waals surface area contributed by atoms with Gasteiger partial charge in [0.15, 0.2) is 4.77 Å². The molecule has 0 bridgehead atoms. The summed E-state index contributed by atoms with van der Waals surface area (Å²) in [4.78, 5) is 2.69. The normalized spacial score (nSPS) is 10.8. The molecule has 0 unspecified atom stereocenters.